The fourth-order valence-electron chi connectivity index (χ4n) is 2.46. The lowest BCUT2D eigenvalue weighted by Crippen LogP contribution is -2.37. The first kappa shape index (κ1) is 15.5. The largest absolute Gasteiger partial charge is 0.380 e. The molecule has 1 saturated heterocycles. The Labute approximate surface area is 121 Å². The third-order valence-corrected chi connectivity index (χ3v) is 5.40. The molecule has 1 fully saturated rings. The molecule has 1 heterocycles. The molecule has 0 amide bonds. The topological polar surface area (TPSA) is 55.4 Å². The monoisotopic (exact) mass is 297 g/mol. The van der Waals surface area contributed by atoms with Gasteiger partial charge in [0.25, 0.3) is 0 Å². The van der Waals surface area contributed by atoms with E-state index in [0.29, 0.717) is 25.6 Å². The van der Waals surface area contributed by atoms with Crippen molar-refractivity contribution >= 4 is 10.0 Å². The Kier molecular flexibility index (Phi) is 5.18. The summed E-state index contributed by atoms with van der Waals surface area (Å²) >= 11 is 0. The SMILES string of the molecule is CC(C)CC(NS(=O)(=O)C1CCOC1)c1ccccc1. The van der Waals surface area contributed by atoms with Crippen molar-refractivity contribution in [3.05, 3.63) is 35.9 Å². The third-order valence-electron chi connectivity index (χ3n) is 3.54. The standard InChI is InChI=1S/C15H23NO3S/c1-12(2)10-15(13-6-4-3-5-7-13)16-20(17,18)14-8-9-19-11-14/h3-7,12,14-16H,8-11H2,1-2H3. The van der Waals surface area contributed by atoms with Gasteiger partial charge in [-0.05, 0) is 24.3 Å². The maximum Gasteiger partial charge on any atom is 0.217 e. The van der Waals surface area contributed by atoms with Crippen molar-refractivity contribution in [2.75, 3.05) is 13.2 Å². The Morgan fingerprint density at radius 2 is 2.00 bits per heavy atom. The van der Waals surface area contributed by atoms with E-state index in [2.05, 4.69) is 18.6 Å². The second kappa shape index (κ2) is 6.70. The van der Waals surface area contributed by atoms with Gasteiger partial charge in [0, 0.05) is 12.6 Å². The van der Waals surface area contributed by atoms with Gasteiger partial charge in [0.15, 0.2) is 0 Å². The summed E-state index contributed by atoms with van der Waals surface area (Å²) < 4.78 is 32.9. The van der Waals surface area contributed by atoms with E-state index < -0.39 is 15.3 Å². The summed E-state index contributed by atoms with van der Waals surface area (Å²) in [6.45, 7) is 5.04. The summed E-state index contributed by atoms with van der Waals surface area (Å²) in [5, 5.41) is -0.416. The zero-order valence-electron chi connectivity index (χ0n) is 12.1. The van der Waals surface area contributed by atoms with Crippen LogP contribution in [0.15, 0.2) is 30.3 Å². The van der Waals surface area contributed by atoms with Crippen molar-refractivity contribution in [3.63, 3.8) is 0 Å². The highest BCUT2D eigenvalue weighted by Gasteiger charge is 2.31. The van der Waals surface area contributed by atoms with Gasteiger partial charge in [0.2, 0.25) is 10.0 Å². The summed E-state index contributed by atoms with van der Waals surface area (Å²) in [6.07, 6.45) is 1.37. The molecule has 112 valence electrons. The average molecular weight is 297 g/mol. The summed E-state index contributed by atoms with van der Waals surface area (Å²) in [5.74, 6) is 0.419. The molecule has 1 aromatic carbocycles. The smallest absolute Gasteiger partial charge is 0.217 e. The van der Waals surface area contributed by atoms with E-state index in [4.69, 9.17) is 4.74 Å². The Bertz CT molecular complexity index is 507. The molecule has 2 unspecified atom stereocenters. The first-order chi connectivity index (χ1) is 9.49. The van der Waals surface area contributed by atoms with Crippen molar-refractivity contribution in [2.24, 2.45) is 5.92 Å². The van der Waals surface area contributed by atoms with Crippen LogP contribution in [0, 0.1) is 5.92 Å². The van der Waals surface area contributed by atoms with Crippen LogP contribution in [0.4, 0.5) is 0 Å². The molecule has 2 rings (SSSR count). The zero-order chi connectivity index (χ0) is 14.6. The van der Waals surface area contributed by atoms with E-state index >= 15 is 0 Å². The van der Waals surface area contributed by atoms with Crippen LogP contribution >= 0.6 is 0 Å². The number of sulfonamides is 1. The molecule has 5 heteroatoms. The summed E-state index contributed by atoms with van der Waals surface area (Å²) in [7, 11) is -3.33. The van der Waals surface area contributed by atoms with Crippen LogP contribution in [-0.2, 0) is 14.8 Å². The van der Waals surface area contributed by atoms with Gasteiger partial charge in [0.05, 0.1) is 6.61 Å². The third kappa shape index (κ3) is 4.04. The Balaban J connectivity index is 2.15. The summed E-state index contributed by atoms with van der Waals surface area (Å²) in [5.41, 5.74) is 1.02. The van der Waals surface area contributed by atoms with Crippen LogP contribution in [0.3, 0.4) is 0 Å². The predicted octanol–water partition coefficient (Wildman–Crippen LogP) is 2.48. The summed E-state index contributed by atoms with van der Waals surface area (Å²) in [6, 6.07) is 9.60. The second-order valence-corrected chi connectivity index (χ2v) is 7.73. The van der Waals surface area contributed by atoms with Gasteiger partial charge in [-0.3, -0.25) is 0 Å². The van der Waals surface area contributed by atoms with Crippen LogP contribution < -0.4 is 4.72 Å². The number of hydrogen-bond acceptors (Lipinski definition) is 3. The number of nitrogens with one attached hydrogen (secondary N) is 1. The van der Waals surface area contributed by atoms with E-state index in [-0.39, 0.29) is 6.04 Å². The molecule has 1 aromatic rings. The summed E-state index contributed by atoms with van der Waals surface area (Å²) in [4.78, 5) is 0. The minimum atomic E-state index is -3.33. The highest BCUT2D eigenvalue weighted by Crippen LogP contribution is 2.24. The first-order valence-electron chi connectivity index (χ1n) is 7.13. The normalized spacial score (nSPS) is 21.2. The number of rotatable bonds is 6. The molecule has 1 N–H and O–H groups in total. The second-order valence-electron chi connectivity index (χ2n) is 5.74. The maximum atomic E-state index is 12.4. The molecule has 1 aliphatic heterocycles. The minimum absolute atomic E-state index is 0.165. The molecule has 0 radical (unpaired) electrons. The highest BCUT2D eigenvalue weighted by atomic mass is 32.2. The van der Waals surface area contributed by atoms with E-state index in [1.54, 1.807) is 0 Å². The molecule has 1 aliphatic rings. The Morgan fingerprint density at radius 1 is 1.30 bits per heavy atom. The van der Waals surface area contributed by atoms with Crippen molar-refractivity contribution in [1.29, 1.82) is 0 Å². The Hall–Kier alpha value is -0.910. The highest BCUT2D eigenvalue weighted by molar-refractivity contribution is 7.90. The van der Waals surface area contributed by atoms with E-state index in [1.165, 1.54) is 0 Å². The molecule has 0 spiro atoms. The lowest BCUT2D eigenvalue weighted by molar-refractivity contribution is 0.198. The molecular weight excluding hydrogens is 274 g/mol. The van der Waals surface area contributed by atoms with Crippen molar-refractivity contribution in [1.82, 2.24) is 4.72 Å². The van der Waals surface area contributed by atoms with Gasteiger partial charge in [-0.1, -0.05) is 44.2 Å². The maximum absolute atomic E-state index is 12.4. The molecule has 0 bridgehead atoms. The van der Waals surface area contributed by atoms with E-state index in [1.807, 2.05) is 30.3 Å². The van der Waals surface area contributed by atoms with Gasteiger partial charge in [-0.25, -0.2) is 13.1 Å². The molecule has 2 atom stereocenters. The molecule has 0 saturated carbocycles. The molecule has 20 heavy (non-hydrogen) atoms. The van der Waals surface area contributed by atoms with Gasteiger partial charge >= 0.3 is 0 Å². The lowest BCUT2D eigenvalue weighted by Gasteiger charge is -2.22. The Morgan fingerprint density at radius 3 is 2.55 bits per heavy atom. The van der Waals surface area contributed by atoms with Gasteiger partial charge in [-0.15, -0.1) is 0 Å². The lowest BCUT2D eigenvalue weighted by atomic mass is 9.98. The van der Waals surface area contributed by atoms with Gasteiger partial charge in [-0.2, -0.15) is 0 Å². The minimum Gasteiger partial charge on any atom is -0.380 e. The van der Waals surface area contributed by atoms with Gasteiger partial charge < -0.3 is 4.74 Å². The van der Waals surface area contributed by atoms with Crippen LogP contribution in [0.2, 0.25) is 0 Å². The van der Waals surface area contributed by atoms with E-state index in [0.717, 1.165) is 12.0 Å². The molecule has 4 nitrogen and oxygen atoms in total. The molecule has 0 aromatic heterocycles. The van der Waals surface area contributed by atoms with Crippen LogP contribution in [0.25, 0.3) is 0 Å². The fraction of sp³-hybridized carbons (Fsp3) is 0.600. The van der Waals surface area contributed by atoms with E-state index in [9.17, 15) is 8.42 Å². The van der Waals surface area contributed by atoms with Gasteiger partial charge in [0.1, 0.15) is 5.25 Å². The van der Waals surface area contributed by atoms with Crippen molar-refractivity contribution in [2.45, 2.75) is 38.0 Å². The number of hydrogen-bond donors (Lipinski definition) is 1. The number of benzene rings is 1. The zero-order valence-corrected chi connectivity index (χ0v) is 12.9. The average Bonchev–Trinajstić information content (AvgIpc) is 2.93. The van der Waals surface area contributed by atoms with Crippen LogP contribution in [0.1, 0.15) is 38.3 Å². The van der Waals surface area contributed by atoms with Crippen molar-refractivity contribution < 1.29 is 13.2 Å². The predicted molar refractivity (Wildman–Crippen MR) is 79.9 cm³/mol. The first-order valence-corrected chi connectivity index (χ1v) is 8.67. The quantitative estimate of drug-likeness (QED) is 0.877. The molecule has 0 aliphatic carbocycles. The fourth-order valence-corrected chi connectivity index (χ4v) is 3.96. The number of ether oxygens (including phenoxy) is 1. The van der Waals surface area contributed by atoms with Crippen molar-refractivity contribution in [3.8, 4) is 0 Å². The van der Waals surface area contributed by atoms with Crippen LogP contribution in [-0.4, -0.2) is 26.9 Å². The molecular formula is C15H23NO3S. The van der Waals surface area contributed by atoms with Crippen LogP contribution in [0.5, 0.6) is 0 Å².